The molecule has 0 amide bonds. The van der Waals surface area contributed by atoms with Crippen LogP contribution in [0, 0.1) is 6.92 Å². The third-order valence-corrected chi connectivity index (χ3v) is 2.21. The summed E-state index contributed by atoms with van der Waals surface area (Å²) in [6.07, 6.45) is 2.87. The number of nitrogens with zero attached hydrogens (tertiary/aromatic N) is 1. The molecule has 17 heavy (non-hydrogen) atoms. The van der Waals surface area contributed by atoms with Gasteiger partial charge < -0.3 is 15.8 Å². The van der Waals surface area contributed by atoms with Gasteiger partial charge in [0.1, 0.15) is 5.82 Å². The molecular formula is C12H19N3O2. The number of nitrogen functional groups attached to an aromatic ring is 1. The van der Waals surface area contributed by atoms with Crippen molar-refractivity contribution in [3.05, 3.63) is 17.8 Å². The van der Waals surface area contributed by atoms with Gasteiger partial charge in [-0.2, -0.15) is 0 Å². The predicted molar refractivity (Wildman–Crippen MR) is 67.7 cm³/mol. The number of rotatable bonds is 6. The maximum absolute atomic E-state index is 11.1. The van der Waals surface area contributed by atoms with E-state index < -0.39 is 0 Å². The lowest BCUT2D eigenvalue weighted by molar-refractivity contribution is -0.143. The second kappa shape index (κ2) is 6.73. The Kier molecular flexibility index (Phi) is 5.26. The van der Waals surface area contributed by atoms with Crippen molar-refractivity contribution in [2.24, 2.45) is 0 Å². The smallest absolute Gasteiger partial charge is 0.305 e. The molecule has 0 saturated carbocycles. The number of pyridine rings is 1. The zero-order valence-electron chi connectivity index (χ0n) is 10.3. The third kappa shape index (κ3) is 4.72. The fourth-order valence-corrected chi connectivity index (χ4v) is 1.41. The van der Waals surface area contributed by atoms with Gasteiger partial charge >= 0.3 is 5.97 Å². The minimum absolute atomic E-state index is 0.167. The Balaban J connectivity index is 2.29. The van der Waals surface area contributed by atoms with Gasteiger partial charge in [-0.25, -0.2) is 4.98 Å². The molecule has 0 aliphatic carbocycles. The van der Waals surface area contributed by atoms with Crippen molar-refractivity contribution in [1.29, 1.82) is 0 Å². The van der Waals surface area contributed by atoms with Crippen LogP contribution in [0.25, 0.3) is 0 Å². The molecule has 0 fully saturated rings. The number of esters is 1. The van der Waals surface area contributed by atoms with Crippen molar-refractivity contribution in [1.82, 2.24) is 4.98 Å². The van der Waals surface area contributed by atoms with Gasteiger partial charge in [0.05, 0.1) is 12.3 Å². The van der Waals surface area contributed by atoms with Gasteiger partial charge in [-0.15, -0.1) is 0 Å². The van der Waals surface area contributed by atoms with Crippen LogP contribution in [-0.2, 0) is 9.53 Å². The molecule has 5 nitrogen and oxygen atoms in total. The zero-order valence-corrected chi connectivity index (χ0v) is 10.3. The number of hydrogen-bond donors (Lipinski definition) is 2. The van der Waals surface area contributed by atoms with E-state index in [0.29, 0.717) is 37.5 Å². The number of carbonyl (C=O) groups is 1. The highest BCUT2D eigenvalue weighted by Crippen LogP contribution is 2.15. The van der Waals surface area contributed by atoms with Gasteiger partial charge in [0.15, 0.2) is 0 Å². The van der Waals surface area contributed by atoms with Gasteiger partial charge in [-0.1, -0.05) is 0 Å². The summed E-state index contributed by atoms with van der Waals surface area (Å²) in [5, 5.41) is 3.09. The second-order valence-electron chi connectivity index (χ2n) is 3.79. The molecule has 0 bridgehead atoms. The molecule has 1 aromatic rings. The topological polar surface area (TPSA) is 77.2 Å². The maximum atomic E-state index is 11.1. The first-order chi connectivity index (χ1) is 8.13. The quantitative estimate of drug-likeness (QED) is 0.582. The highest BCUT2D eigenvalue weighted by atomic mass is 16.5. The Morgan fingerprint density at radius 1 is 1.59 bits per heavy atom. The van der Waals surface area contributed by atoms with E-state index in [1.165, 1.54) is 0 Å². The largest absolute Gasteiger partial charge is 0.466 e. The molecule has 0 aromatic carbocycles. The van der Waals surface area contributed by atoms with E-state index in [1.807, 2.05) is 13.0 Å². The molecule has 0 atom stereocenters. The summed E-state index contributed by atoms with van der Waals surface area (Å²) in [4.78, 5) is 15.3. The lowest BCUT2D eigenvalue weighted by Crippen LogP contribution is -2.10. The number of hydrogen-bond acceptors (Lipinski definition) is 5. The van der Waals surface area contributed by atoms with E-state index in [2.05, 4.69) is 10.3 Å². The van der Waals surface area contributed by atoms with Crippen molar-refractivity contribution in [2.45, 2.75) is 26.7 Å². The Morgan fingerprint density at radius 3 is 3.00 bits per heavy atom. The van der Waals surface area contributed by atoms with E-state index in [9.17, 15) is 4.79 Å². The molecule has 5 heteroatoms. The molecule has 0 unspecified atom stereocenters. The first-order valence-corrected chi connectivity index (χ1v) is 5.75. The third-order valence-electron chi connectivity index (χ3n) is 2.21. The van der Waals surface area contributed by atoms with Crippen molar-refractivity contribution < 1.29 is 9.53 Å². The van der Waals surface area contributed by atoms with E-state index in [0.717, 1.165) is 5.56 Å². The first kappa shape index (κ1) is 13.3. The van der Waals surface area contributed by atoms with E-state index in [-0.39, 0.29) is 5.97 Å². The van der Waals surface area contributed by atoms with Crippen LogP contribution in [0.3, 0.4) is 0 Å². The minimum atomic E-state index is -0.167. The fourth-order valence-electron chi connectivity index (χ4n) is 1.41. The SMILES string of the molecule is CCOC(=O)CCCNc1ncc(C)cc1N. The van der Waals surface area contributed by atoms with Crippen molar-refractivity contribution >= 4 is 17.5 Å². The van der Waals surface area contributed by atoms with Crippen LogP contribution in [0.4, 0.5) is 11.5 Å². The van der Waals surface area contributed by atoms with Crippen LogP contribution >= 0.6 is 0 Å². The summed E-state index contributed by atoms with van der Waals surface area (Å²) in [6, 6.07) is 1.86. The number of ether oxygens (including phenoxy) is 1. The molecule has 0 saturated heterocycles. The molecule has 0 aliphatic rings. The standard InChI is InChI=1S/C12H19N3O2/c1-3-17-11(16)5-4-6-14-12-10(13)7-9(2)8-15-12/h7-8H,3-6,13H2,1-2H3,(H,14,15). The summed E-state index contributed by atoms with van der Waals surface area (Å²) in [7, 11) is 0. The molecule has 0 aliphatic heterocycles. The summed E-state index contributed by atoms with van der Waals surface area (Å²) < 4.78 is 4.83. The maximum Gasteiger partial charge on any atom is 0.305 e. The number of nitrogens with one attached hydrogen (secondary N) is 1. The summed E-state index contributed by atoms with van der Waals surface area (Å²) in [5.74, 6) is 0.499. The van der Waals surface area contributed by atoms with Gasteiger partial charge in [-0.05, 0) is 31.9 Å². The second-order valence-corrected chi connectivity index (χ2v) is 3.79. The highest BCUT2D eigenvalue weighted by molar-refractivity contribution is 5.69. The molecule has 3 N–H and O–H groups in total. The Labute approximate surface area is 101 Å². The summed E-state index contributed by atoms with van der Waals surface area (Å²) >= 11 is 0. The monoisotopic (exact) mass is 237 g/mol. The van der Waals surface area contributed by atoms with Crippen LogP contribution in [-0.4, -0.2) is 24.1 Å². The molecule has 1 rings (SSSR count). The highest BCUT2D eigenvalue weighted by Gasteiger charge is 2.03. The minimum Gasteiger partial charge on any atom is -0.466 e. The molecule has 1 heterocycles. The van der Waals surface area contributed by atoms with Crippen LogP contribution < -0.4 is 11.1 Å². The zero-order chi connectivity index (χ0) is 12.7. The van der Waals surface area contributed by atoms with Crippen molar-refractivity contribution in [3.8, 4) is 0 Å². The lowest BCUT2D eigenvalue weighted by Gasteiger charge is -2.08. The normalized spacial score (nSPS) is 10.0. The predicted octanol–water partition coefficient (Wildman–Crippen LogP) is 1.73. The van der Waals surface area contributed by atoms with Crippen LogP contribution in [0.15, 0.2) is 12.3 Å². The summed E-state index contributed by atoms with van der Waals surface area (Å²) in [5.41, 5.74) is 7.45. The average molecular weight is 237 g/mol. The lowest BCUT2D eigenvalue weighted by atomic mass is 10.2. The number of nitrogens with two attached hydrogens (primary N) is 1. The van der Waals surface area contributed by atoms with Crippen molar-refractivity contribution in [2.75, 3.05) is 24.2 Å². The number of anilines is 2. The number of aryl methyl sites for hydroxylation is 1. The van der Waals surface area contributed by atoms with E-state index in [1.54, 1.807) is 13.1 Å². The summed E-state index contributed by atoms with van der Waals surface area (Å²) in [6.45, 7) is 4.82. The van der Waals surface area contributed by atoms with E-state index >= 15 is 0 Å². The molecule has 0 radical (unpaired) electrons. The van der Waals surface area contributed by atoms with Crippen molar-refractivity contribution in [3.63, 3.8) is 0 Å². The van der Waals surface area contributed by atoms with Crippen LogP contribution in [0.2, 0.25) is 0 Å². The Bertz CT molecular complexity index is 380. The molecule has 94 valence electrons. The van der Waals surface area contributed by atoms with E-state index in [4.69, 9.17) is 10.5 Å². The molecule has 0 spiro atoms. The van der Waals surface area contributed by atoms with Crippen LogP contribution in [0.1, 0.15) is 25.3 Å². The Hall–Kier alpha value is -1.78. The van der Waals surface area contributed by atoms with Gasteiger partial charge in [-0.3, -0.25) is 4.79 Å². The molecule has 1 aromatic heterocycles. The number of carbonyl (C=O) groups excluding carboxylic acids is 1. The number of aromatic nitrogens is 1. The Morgan fingerprint density at radius 2 is 2.35 bits per heavy atom. The first-order valence-electron chi connectivity index (χ1n) is 5.75. The average Bonchev–Trinajstić information content (AvgIpc) is 2.27. The van der Waals surface area contributed by atoms with Gasteiger partial charge in [0.2, 0.25) is 0 Å². The fraction of sp³-hybridized carbons (Fsp3) is 0.500. The van der Waals surface area contributed by atoms with Gasteiger partial charge in [0, 0.05) is 19.2 Å². The van der Waals surface area contributed by atoms with Gasteiger partial charge in [0.25, 0.3) is 0 Å². The molecular weight excluding hydrogens is 218 g/mol. The van der Waals surface area contributed by atoms with Crippen LogP contribution in [0.5, 0.6) is 0 Å².